The monoisotopic (exact) mass is 122 g/mol. The molecule has 1 rings (SSSR count). The minimum Gasteiger partial charge on any atom is -0.254 e. The molecule has 1 aliphatic heterocycles. The van der Waals surface area contributed by atoms with Gasteiger partial charge in [0, 0.05) is 0 Å². The van der Waals surface area contributed by atoms with Crippen LogP contribution in [0.25, 0.3) is 0 Å². The fourth-order valence-electron chi connectivity index (χ4n) is 0.351. The van der Waals surface area contributed by atoms with E-state index in [1.165, 1.54) is 0 Å². The highest BCUT2D eigenvalue weighted by Gasteiger charge is 2.22. The van der Waals surface area contributed by atoms with Crippen molar-refractivity contribution in [2.24, 2.45) is 4.99 Å². The molecule has 0 radical (unpaired) electrons. The van der Waals surface area contributed by atoms with Gasteiger partial charge in [0.05, 0.1) is 0 Å². The van der Waals surface area contributed by atoms with Gasteiger partial charge in [-0.15, -0.1) is 0 Å². The third-order valence-corrected chi connectivity index (χ3v) is 0.679. The zero-order valence-corrected chi connectivity index (χ0v) is 3.84. The van der Waals surface area contributed by atoms with Gasteiger partial charge in [0.25, 0.3) is 6.43 Å². The lowest BCUT2D eigenvalue weighted by Crippen LogP contribution is -2.19. The standard InChI is InChI=1S/C3H4F2N2O/c4-2(5)3-6-1-7-8-3/h1-3H,(H,6,7). The second-order valence-electron chi connectivity index (χ2n) is 1.24. The Morgan fingerprint density at radius 1 is 1.75 bits per heavy atom. The van der Waals surface area contributed by atoms with Crippen LogP contribution in [0.3, 0.4) is 0 Å². The Kier molecular flexibility index (Phi) is 1.38. The molecule has 1 unspecified atom stereocenters. The van der Waals surface area contributed by atoms with E-state index in [0.717, 1.165) is 6.34 Å². The van der Waals surface area contributed by atoms with Crippen LogP contribution >= 0.6 is 0 Å². The van der Waals surface area contributed by atoms with E-state index < -0.39 is 12.7 Å². The minimum atomic E-state index is -2.54. The number of hydrogen-bond donors (Lipinski definition) is 1. The number of nitrogens with zero attached hydrogens (tertiary/aromatic N) is 1. The first-order valence-corrected chi connectivity index (χ1v) is 2.01. The van der Waals surface area contributed by atoms with Gasteiger partial charge in [-0.05, 0) is 0 Å². The molecule has 0 spiro atoms. The zero-order valence-electron chi connectivity index (χ0n) is 3.84. The van der Waals surface area contributed by atoms with Gasteiger partial charge in [-0.25, -0.2) is 18.6 Å². The molecule has 1 N–H and O–H groups in total. The SMILES string of the molecule is FC(F)C1N=CNO1. The molecule has 0 aromatic carbocycles. The lowest BCUT2D eigenvalue weighted by atomic mass is 10.6. The van der Waals surface area contributed by atoms with Crippen LogP contribution in [-0.2, 0) is 4.84 Å². The molecule has 1 heterocycles. The van der Waals surface area contributed by atoms with Crippen molar-refractivity contribution in [2.75, 3.05) is 0 Å². The Morgan fingerprint density at radius 3 is 2.75 bits per heavy atom. The summed E-state index contributed by atoms with van der Waals surface area (Å²) < 4.78 is 22.9. The maximum absolute atomic E-state index is 11.5. The fraction of sp³-hybridized carbons (Fsp3) is 0.667. The summed E-state index contributed by atoms with van der Waals surface area (Å²) in [5.41, 5.74) is 2.08. The molecule has 0 saturated heterocycles. The number of hydroxylamine groups is 1. The van der Waals surface area contributed by atoms with Crippen molar-refractivity contribution in [3.05, 3.63) is 0 Å². The first-order valence-electron chi connectivity index (χ1n) is 2.01. The number of rotatable bonds is 1. The van der Waals surface area contributed by atoms with Crippen LogP contribution in [-0.4, -0.2) is 19.0 Å². The van der Waals surface area contributed by atoms with Crippen molar-refractivity contribution in [1.29, 1.82) is 0 Å². The highest BCUT2D eigenvalue weighted by molar-refractivity contribution is 5.54. The van der Waals surface area contributed by atoms with E-state index in [1.807, 2.05) is 0 Å². The van der Waals surface area contributed by atoms with E-state index in [0.29, 0.717) is 0 Å². The Morgan fingerprint density at radius 2 is 2.50 bits per heavy atom. The second kappa shape index (κ2) is 2.04. The van der Waals surface area contributed by atoms with Crippen molar-refractivity contribution in [3.8, 4) is 0 Å². The van der Waals surface area contributed by atoms with Crippen molar-refractivity contribution in [1.82, 2.24) is 5.48 Å². The van der Waals surface area contributed by atoms with Gasteiger partial charge in [0.1, 0.15) is 6.34 Å². The summed E-state index contributed by atoms with van der Waals surface area (Å²) in [6, 6.07) is 0. The van der Waals surface area contributed by atoms with Gasteiger partial charge in [0.15, 0.2) is 0 Å². The van der Waals surface area contributed by atoms with Crippen molar-refractivity contribution < 1.29 is 13.6 Å². The number of aliphatic imine (C=N–C) groups is 1. The van der Waals surface area contributed by atoms with Crippen LogP contribution in [0.15, 0.2) is 4.99 Å². The van der Waals surface area contributed by atoms with Crippen LogP contribution in [0.1, 0.15) is 0 Å². The average molecular weight is 122 g/mol. The summed E-state index contributed by atoms with van der Waals surface area (Å²) in [6.45, 7) is 0. The van der Waals surface area contributed by atoms with E-state index in [9.17, 15) is 8.78 Å². The fourth-order valence-corrected chi connectivity index (χ4v) is 0.351. The summed E-state index contributed by atoms with van der Waals surface area (Å²) in [7, 11) is 0. The quantitative estimate of drug-likeness (QED) is 0.536. The molecule has 1 aliphatic rings. The number of nitrogens with one attached hydrogen (secondary N) is 1. The Hall–Kier alpha value is -0.710. The van der Waals surface area contributed by atoms with E-state index in [-0.39, 0.29) is 0 Å². The minimum absolute atomic E-state index is 1.09. The third-order valence-electron chi connectivity index (χ3n) is 0.679. The van der Waals surface area contributed by atoms with E-state index in [1.54, 1.807) is 0 Å². The molecule has 1 atom stereocenters. The molecule has 0 saturated carbocycles. The molecular formula is C3H4F2N2O. The van der Waals surface area contributed by atoms with Crippen molar-refractivity contribution >= 4 is 6.34 Å². The van der Waals surface area contributed by atoms with E-state index in [2.05, 4.69) is 15.3 Å². The number of alkyl halides is 2. The molecule has 0 bridgehead atoms. The largest absolute Gasteiger partial charge is 0.286 e. The van der Waals surface area contributed by atoms with Crippen LogP contribution in [0.4, 0.5) is 8.78 Å². The van der Waals surface area contributed by atoms with E-state index >= 15 is 0 Å². The first kappa shape index (κ1) is 5.43. The molecule has 0 aliphatic carbocycles. The van der Waals surface area contributed by atoms with Crippen LogP contribution in [0.5, 0.6) is 0 Å². The molecule has 3 nitrogen and oxygen atoms in total. The molecule has 0 fully saturated rings. The molecule has 0 aromatic rings. The summed E-state index contributed by atoms with van der Waals surface area (Å²) in [5.74, 6) is 0. The Balaban J connectivity index is 2.36. The first-order chi connectivity index (χ1) is 3.80. The zero-order chi connectivity index (χ0) is 5.98. The Bertz CT molecular complexity index is 105. The molecule has 8 heavy (non-hydrogen) atoms. The summed E-state index contributed by atoms with van der Waals surface area (Å²) in [6.07, 6.45) is -2.76. The van der Waals surface area contributed by atoms with Crippen molar-refractivity contribution in [2.45, 2.75) is 12.7 Å². The van der Waals surface area contributed by atoms with Crippen LogP contribution < -0.4 is 5.48 Å². The lowest BCUT2D eigenvalue weighted by molar-refractivity contribution is -0.0598. The maximum Gasteiger partial charge on any atom is 0.286 e. The summed E-state index contributed by atoms with van der Waals surface area (Å²) >= 11 is 0. The maximum atomic E-state index is 11.5. The predicted molar refractivity (Wildman–Crippen MR) is 22.5 cm³/mol. The molecule has 5 heteroatoms. The lowest BCUT2D eigenvalue weighted by Gasteiger charge is -2.01. The smallest absolute Gasteiger partial charge is 0.254 e. The number of hydrogen-bond acceptors (Lipinski definition) is 3. The van der Waals surface area contributed by atoms with Crippen molar-refractivity contribution in [3.63, 3.8) is 0 Å². The topological polar surface area (TPSA) is 33.6 Å². The van der Waals surface area contributed by atoms with Gasteiger partial charge in [-0.3, -0.25) is 5.48 Å². The van der Waals surface area contributed by atoms with Crippen LogP contribution in [0.2, 0.25) is 0 Å². The third kappa shape index (κ3) is 0.919. The molecular weight excluding hydrogens is 118 g/mol. The summed E-state index contributed by atoms with van der Waals surface area (Å²) in [4.78, 5) is 7.42. The van der Waals surface area contributed by atoms with Gasteiger partial charge in [-0.1, -0.05) is 0 Å². The average Bonchev–Trinajstić information content (AvgIpc) is 2.12. The Labute approximate surface area is 44.3 Å². The highest BCUT2D eigenvalue weighted by Crippen LogP contribution is 2.06. The number of halogens is 2. The molecule has 46 valence electrons. The molecule has 0 aromatic heterocycles. The predicted octanol–water partition coefficient (Wildman–Crippen LogP) is 0.141. The van der Waals surface area contributed by atoms with Gasteiger partial charge in [0.2, 0.25) is 6.23 Å². The molecule has 0 amide bonds. The summed E-state index contributed by atoms with van der Waals surface area (Å²) in [5, 5.41) is 0. The van der Waals surface area contributed by atoms with Gasteiger partial charge < -0.3 is 0 Å². The highest BCUT2D eigenvalue weighted by atomic mass is 19.3. The van der Waals surface area contributed by atoms with E-state index in [4.69, 9.17) is 0 Å². The normalized spacial score (nSPS) is 26.6. The van der Waals surface area contributed by atoms with Crippen LogP contribution in [0, 0.1) is 0 Å². The van der Waals surface area contributed by atoms with Gasteiger partial charge >= 0.3 is 0 Å². The van der Waals surface area contributed by atoms with Gasteiger partial charge in [-0.2, -0.15) is 0 Å². The second-order valence-corrected chi connectivity index (χ2v) is 1.24.